The zero-order valence-electron chi connectivity index (χ0n) is 19.6. The predicted octanol–water partition coefficient (Wildman–Crippen LogP) is 7.30. The lowest BCUT2D eigenvalue weighted by atomic mass is 9.90. The van der Waals surface area contributed by atoms with E-state index in [0.717, 1.165) is 38.9 Å². The summed E-state index contributed by atoms with van der Waals surface area (Å²) in [6.45, 7) is 7.83. The van der Waals surface area contributed by atoms with E-state index < -0.39 is 5.97 Å². The van der Waals surface area contributed by atoms with Crippen molar-refractivity contribution in [2.45, 2.75) is 13.8 Å². The summed E-state index contributed by atoms with van der Waals surface area (Å²) < 4.78 is 5.06. The number of hydrogen-bond acceptors (Lipinski definition) is 3. The lowest BCUT2D eigenvalue weighted by Crippen LogP contribution is -2.09. The van der Waals surface area contributed by atoms with Crippen LogP contribution in [0.2, 0.25) is 0 Å². The molecule has 0 bridgehead atoms. The Labute approximate surface area is 200 Å². The molecule has 0 saturated carbocycles. The molecule has 4 rings (SSSR count). The average molecular weight is 447 g/mol. The van der Waals surface area contributed by atoms with Crippen LogP contribution in [-0.2, 0) is 4.74 Å². The van der Waals surface area contributed by atoms with Crippen LogP contribution in [0.5, 0.6) is 0 Å². The van der Waals surface area contributed by atoms with E-state index in [1.807, 2.05) is 80.6 Å². The summed E-state index contributed by atoms with van der Waals surface area (Å²) in [5.74, 6) is -0.627. The van der Waals surface area contributed by atoms with Crippen LogP contribution >= 0.6 is 0 Å². The first-order valence-electron chi connectivity index (χ1n) is 11.1. The molecule has 0 aliphatic heterocycles. The molecule has 0 heterocycles. The Bertz CT molecular complexity index is 1370. The number of esters is 1. The standard InChI is InChI=1S/C31H26O3/c1-5-22-10-12-23(13-11-22)26-8-6-7-9-28(26)30(32)24-14-15-27(29(19-24)31(33)34-4)25-17-20(2)16-21(3)18-25/h5-19H,1H2,2-4H3. The van der Waals surface area contributed by atoms with Crippen LogP contribution in [0.15, 0.2) is 91.5 Å². The van der Waals surface area contributed by atoms with Gasteiger partial charge in [-0.2, -0.15) is 0 Å². The van der Waals surface area contributed by atoms with Gasteiger partial charge in [0.2, 0.25) is 0 Å². The van der Waals surface area contributed by atoms with Crippen molar-refractivity contribution in [3.05, 3.63) is 125 Å². The first-order valence-corrected chi connectivity index (χ1v) is 11.1. The van der Waals surface area contributed by atoms with Gasteiger partial charge < -0.3 is 4.74 Å². The van der Waals surface area contributed by atoms with Crippen molar-refractivity contribution < 1.29 is 14.3 Å². The normalized spacial score (nSPS) is 10.6. The molecule has 0 amide bonds. The van der Waals surface area contributed by atoms with Crippen LogP contribution in [0.4, 0.5) is 0 Å². The van der Waals surface area contributed by atoms with Gasteiger partial charge >= 0.3 is 5.97 Å². The molecule has 0 aromatic heterocycles. The van der Waals surface area contributed by atoms with Gasteiger partial charge in [0.05, 0.1) is 12.7 Å². The molecule has 4 aromatic rings. The molecule has 0 unspecified atom stereocenters. The highest BCUT2D eigenvalue weighted by molar-refractivity contribution is 6.14. The molecule has 0 radical (unpaired) electrons. The SMILES string of the molecule is C=Cc1ccc(-c2ccccc2C(=O)c2ccc(-c3cc(C)cc(C)c3)c(C(=O)OC)c2)cc1. The van der Waals surface area contributed by atoms with E-state index in [-0.39, 0.29) is 5.78 Å². The average Bonchev–Trinajstić information content (AvgIpc) is 2.87. The van der Waals surface area contributed by atoms with Gasteiger partial charge in [-0.15, -0.1) is 0 Å². The minimum atomic E-state index is -0.475. The molecule has 0 saturated heterocycles. The molecular formula is C31H26O3. The van der Waals surface area contributed by atoms with E-state index in [1.54, 1.807) is 18.2 Å². The number of hydrogen-bond donors (Lipinski definition) is 0. The molecule has 168 valence electrons. The van der Waals surface area contributed by atoms with E-state index in [0.29, 0.717) is 16.7 Å². The Balaban J connectivity index is 1.80. The van der Waals surface area contributed by atoms with Crippen molar-refractivity contribution in [3.8, 4) is 22.3 Å². The lowest BCUT2D eigenvalue weighted by molar-refractivity contribution is 0.0601. The van der Waals surface area contributed by atoms with E-state index in [2.05, 4.69) is 12.6 Å². The first kappa shape index (κ1) is 22.9. The van der Waals surface area contributed by atoms with Gasteiger partial charge in [-0.25, -0.2) is 4.79 Å². The fourth-order valence-electron chi connectivity index (χ4n) is 4.23. The monoisotopic (exact) mass is 446 g/mol. The Morgan fingerprint density at radius 3 is 2.03 bits per heavy atom. The van der Waals surface area contributed by atoms with Gasteiger partial charge in [0.1, 0.15) is 0 Å². The highest BCUT2D eigenvalue weighted by atomic mass is 16.5. The number of benzene rings is 4. The summed E-state index contributed by atoms with van der Waals surface area (Å²) in [6.07, 6.45) is 1.78. The van der Waals surface area contributed by atoms with Crippen molar-refractivity contribution in [2.75, 3.05) is 7.11 Å². The molecule has 4 aromatic carbocycles. The number of ether oxygens (including phenoxy) is 1. The van der Waals surface area contributed by atoms with Gasteiger partial charge in [-0.05, 0) is 47.7 Å². The second kappa shape index (κ2) is 9.72. The van der Waals surface area contributed by atoms with Gasteiger partial charge in [0.15, 0.2) is 5.78 Å². The maximum Gasteiger partial charge on any atom is 0.338 e. The molecular weight excluding hydrogens is 420 g/mol. The second-order valence-electron chi connectivity index (χ2n) is 8.33. The molecule has 3 nitrogen and oxygen atoms in total. The summed E-state index contributed by atoms with van der Waals surface area (Å²) in [5.41, 5.74) is 8.01. The summed E-state index contributed by atoms with van der Waals surface area (Å²) in [5, 5.41) is 0. The van der Waals surface area contributed by atoms with Crippen LogP contribution in [0.3, 0.4) is 0 Å². The van der Waals surface area contributed by atoms with Crippen molar-refractivity contribution >= 4 is 17.8 Å². The summed E-state index contributed by atoms with van der Waals surface area (Å²) >= 11 is 0. The molecule has 0 spiro atoms. The van der Waals surface area contributed by atoms with E-state index >= 15 is 0 Å². The maximum absolute atomic E-state index is 13.6. The molecule has 0 atom stereocenters. The molecule has 0 fully saturated rings. The highest BCUT2D eigenvalue weighted by Crippen LogP contribution is 2.30. The van der Waals surface area contributed by atoms with E-state index in [4.69, 9.17) is 4.74 Å². The maximum atomic E-state index is 13.6. The van der Waals surface area contributed by atoms with Gasteiger partial charge in [-0.1, -0.05) is 103 Å². The molecule has 0 aliphatic rings. The topological polar surface area (TPSA) is 43.4 Å². The van der Waals surface area contributed by atoms with Crippen molar-refractivity contribution in [1.82, 2.24) is 0 Å². The van der Waals surface area contributed by atoms with Gasteiger partial charge in [0.25, 0.3) is 0 Å². The van der Waals surface area contributed by atoms with Crippen LogP contribution < -0.4 is 0 Å². The fourth-order valence-corrected chi connectivity index (χ4v) is 4.23. The summed E-state index contributed by atoms with van der Waals surface area (Å²) in [7, 11) is 1.35. The first-order chi connectivity index (χ1) is 16.4. The van der Waals surface area contributed by atoms with Crippen LogP contribution in [0.1, 0.15) is 43.0 Å². The van der Waals surface area contributed by atoms with Crippen LogP contribution in [0, 0.1) is 13.8 Å². The lowest BCUT2D eigenvalue weighted by Gasteiger charge is -2.13. The van der Waals surface area contributed by atoms with Crippen LogP contribution in [0.25, 0.3) is 28.3 Å². The summed E-state index contributed by atoms with van der Waals surface area (Å²) in [4.78, 5) is 26.3. The number of carbonyl (C=O) groups is 2. The number of ketones is 1. The third kappa shape index (κ3) is 4.60. The molecule has 0 N–H and O–H groups in total. The van der Waals surface area contributed by atoms with Gasteiger partial charge in [-0.3, -0.25) is 4.79 Å². The third-order valence-electron chi connectivity index (χ3n) is 5.85. The third-order valence-corrected chi connectivity index (χ3v) is 5.85. The zero-order valence-corrected chi connectivity index (χ0v) is 19.6. The molecule has 0 aliphatic carbocycles. The largest absolute Gasteiger partial charge is 0.465 e. The number of carbonyl (C=O) groups excluding carboxylic acids is 2. The van der Waals surface area contributed by atoms with Crippen molar-refractivity contribution in [1.29, 1.82) is 0 Å². The van der Waals surface area contributed by atoms with Crippen LogP contribution in [-0.4, -0.2) is 18.9 Å². The van der Waals surface area contributed by atoms with E-state index in [9.17, 15) is 9.59 Å². The number of methoxy groups -OCH3 is 1. The Morgan fingerprint density at radius 2 is 1.38 bits per heavy atom. The summed E-state index contributed by atoms with van der Waals surface area (Å²) in [6, 6.07) is 26.8. The molecule has 34 heavy (non-hydrogen) atoms. The Kier molecular flexibility index (Phi) is 6.55. The quantitative estimate of drug-likeness (QED) is 0.231. The number of aryl methyl sites for hydroxylation is 2. The Hall–Kier alpha value is -4.24. The van der Waals surface area contributed by atoms with Gasteiger partial charge in [0, 0.05) is 11.1 Å². The second-order valence-corrected chi connectivity index (χ2v) is 8.33. The zero-order chi connectivity index (χ0) is 24.2. The van der Waals surface area contributed by atoms with Crippen molar-refractivity contribution in [2.24, 2.45) is 0 Å². The minimum absolute atomic E-state index is 0.152. The Morgan fingerprint density at radius 1 is 0.735 bits per heavy atom. The fraction of sp³-hybridized carbons (Fsp3) is 0.0968. The number of rotatable bonds is 6. The highest BCUT2D eigenvalue weighted by Gasteiger charge is 2.20. The predicted molar refractivity (Wildman–Crippen MR) is 138 cm³/mol. The van der Waals surface area contributed by atoms with Crippen molar-refractivity contribution in [3.63, 3.8) is 0 Å². The van der Waals surface area contributed by atoms with E-state index in [1.165, 1.54) is 7.11 Å². The smallest absolute Gasteiger partial charge is 0.338 e. The minimum Gasteiger partial charge on any atom is -0.465 e. The molecule has 3 heteroatoms.